The second-order valence-corrected chi connectivity index (χ2v) is 7.16. The largest absolute Gasteiger partial charge is 0.494 e. The third-order valence-electron chi connectivity index (χ3n) is 3.48. The van der Waals surface area contributed by atoms with Crippen molar-refractivity contribution in [2.45, 2.75) is 4.90 Å². The SMILES string of the molecule is C=CCOc1ccc(N(CC(=O)O)S(=O)(=O)c2ccc(OC)c(F)c2)cc1. The van der Waals surface area contributed by atoms with Crippen LogP contribution in [0, 0.1) is 5.82 Å². The van der Waals surface area contributed by atoms with E-state index in [4.69, 9.17) is 14.6 Å². The number of hydrogen-bond donors (Lipinski definition) is 1. The summed E-state index contributed by atoms with van der Waals surface area (Å²) in [6.45, 7) is 2.96. The third-order valence-corrected chi connectivity index (χ3v) is 5.25. The highest BCUT2D eigenvalue weighted by atomic mass is 32.2. The molecule has 2 aromatic rings. The van der Waals surface area contributed by atoms with Crippen LogP contribution in [0.5, 0.6) is 11.5 Å². The van der Waals surface area contributed by atoms with Gasteiger partial charge in [0, 0.05) is 0 Å². The highest BCUT2D eigenvalue weighted by molar-refractivity contribution is 7.92. The van der Waals surface area contributed by atoms with E-state index in [0.29, 0.717) is 10.1 Å². The number of ether oxygens (including phenoxy) is 2. The molecule has 0 saturated carbocycles. The lowest BCUT2D eigenvalue weighted by Gasteiger charge is -2.23. The fourth-order valence-corrected chi connectivity index (χ4v) is 3.66. The number of carboxylic acids is 1. The second-order valence-electron chi connectivity index (χ2n) is 5.30. The molecule has 0 aromatic heterocycles. The Morgan fingerprint density at radius 2 is 1.93 bits per heavy atom. The standard InChI is InChI=1S/C18H18FNO6S/c1-3-10-26-14-6-4-13(5-7-14)20(12-18(21)22)27(23,24)15-8-9-17(25-2)16(19)11-15/h3-9,11H,1,10,12H2,2H3,(H,21,22). The van der Waals surface area contributed by atoms with Gasteiger partial charge in [-0.2, -0.15) is 0 Å². The van der Waals surface area contributed by atoms with E-state index in [0.717, 1.165) is 18.2 Å². The van der Waals surface area contributed by atoms with Crippen LogP contribution in [0.2, 0.25) is 0 Å². The van der Waals surface area contributed by atoms with Crippen LogP contribution in [0.4, 0.5) is 10.1 Å². The van der Waals surface area contributed by atoms with Crippen LogP contribution in [0.15, 0.2) is 60.0 Å². The van der Waals surface area contributed by atoms with Gasteiger partial charge in [-0.15, -0.1) is 0 Å². The highest BCUT2D eigenvalue weighted by Gasteiger charge is 2.28. The summed E-state index contributed by atoms with van der Waals surface area (Å²) in [5, 5.41) is 9.13. The van der Waals surface area contributed by atoms with Crippen molar-refractivity contribution in [3.8, 4) is 11.5 Å². The minimum absolute atomic E-state index is 0.0968. The molecule has 144 valence electrons. The molecule has 0 fully saturated rings. The molecule has 7 nitrogen and oxygen atoms in total. The monoisotopic (exact) mass is 395 g/mol. The molecule has 2 aromatic carbocycles. The number of halogens is 1. The summed E-state index contributed by atoms with van der Waals surface area (Å²) in [6.07, 6.45) is 1.55. The molecule has 0 aliphatic rings. The van der Waals surface area contributed by atoms with Gasteiger partial charge in [-0.3, -0.25) is 9.10 Å². The van der Waals surface area contributed by atoms with Gasteiger partial charge in [0.2, 0.25) is 0 Å². The molecule has 1 N–H and O–H groups in total. The molecule has 0 unspecified atom stereocenters. The zero-order valence-corrected chi connectivity index (χ0v) is 15.3. The Kier molecular flexibility index (Phi) is 6.40. The zero-order chi connectivity index (χ0) is 20.0. The van der Waals surface area contributed by atoms with E-state index in [1.54, 1.807) is 6.08 Å². The van der Waals surface area contributed by atoms with Crippen LogP contribution in [0.3, 0.4) is 0 Å². The molecule has 0 heterocycles. The fourth-order valence-electron chi connectivity index (χ4n) is 2.24. The molecule has 9 heteroatoms. The average Bonchev–Trinajstić information content (AvgIpc) is 2.64. The van der Waals surface area contributed by atoms with Gasteiger partial charge in [-0.05, 0) is 42.5 Å². The third kappa shape index (κ3) is 4.76. The van der Waals surface area contributed by atoms with Gasteiger partial charge in [0.1, 0.15) is 18.9 Å². The predicted octanol–water partition coefficient (Wildman–Crippen LogP) is 2.68. The molecule has 0 aliphatic heterocycles. The Morgan fingerprint density at radius 3 is 2.44 bits per heavy atom. The number of rotatable bonds is 9. The first-order chi connectivity index (χ1) is 12.8. The van der Waals surface area contributed by atoms with Gasteiger partial charge < -0.3 is 14.6 Å². The predicted molar refractivity (Wildman–Crippen MR) is 97.3 cm³/mol. The number of carbonyl (C=O) groups is 1. The van der Waals surface area contributed by atoms with Gasteiger partial charge in [-0.25, -0.2) is 12.8 Å². The minimum atomic E-state index is -4.33. The van der Waals surface area contributed by atoms with Crippen molar-refractivity contribution in [1.29, 1.82) is 0 Å². The highest BCUT2D eigenvalue weighted by Crippen LogP contribution is 2.28. The van der Waals surface area contributed by atoms with Crippen molar-refractivity contribution < 1.29 is 32.2 Å². The molecular weight excluding hydrogens is 377 g/mol. The van der Waals surface area contributed by atoms with Crippen molar-refractivity contribution in [2.24, 2.45) is 0 Å². The van der Waals surface area contributed by atoms with E-state index >= 15 is 0 Å². The molecule has 0 aliphatic carbocycles. The Bertz CT molecular complexity index is 927. The van der Waals surface area contributed by atoms with E-state index < -0.39 is 33.3 Å². The van der Waals surface area contributed by atoms with Crippen molar-refractivity contribution in [3.63, 3.8) is 0 Å². The number of anilines is 1. The summed E-state index contributed by atoms with van der Waals surface area (Å²) < 4.78 is 50.5. The number of carboxylic acid groups (broad SMARTS) is 1. The molecule has 0 radical (unpaired) electrons. The van der Waals surface area contributed by atoms with Crippen LogP contribution in [0.25, 0.3) is 0 Å². The summed E-state index contributed by atoms with van der Waals surface area (Å²) in [5.41, 5.74) is 0.0968. The van der Waals surface area contributed by atoms with Gasteiger partial charge in [0.15, 0.2) is 11.6 Å². The van der Waals surface area contributed by atoms with Crippen molar-refractivity contribution >= 4 is 21.7 Å². The maximum atomic E-state index is 13.9. The molecule has 0 amide bonds. The molecular formula is C18H18FNO6S. The number of benzene rings is 2. The molecule has 0 saturated heterocycles. The lowest BCUT2D eigenvalue weighted by Crippen LogP contribution is -2.35. The summed E-state index contributed by atoms with van der Waals surface area (Å²) >= 11 is 0. The van der Waals surface area contributed by atoms with Crippen molar-refractivity contribution in [1.82, 2.24) is 0 Å². The Balaban J connectivity index is 2.44. The quantitative estimate of drug-likeness (QED) is 0.656. The summed E-state index contributed by atoms with van der Waals surface area (Å²) in [7, 11) is -3.08. The number of nitrogens with zero attached hydrogens (tertiary/aromatic N) is 1. The van der Waals surface area contributed by atoms with Gasteiger partial charge >= 0.3 is 5.97 Å². The number of hydrogen-bond acceptors (Lipinski definition) is 5. The van der Waals surface area contributed by atoms with E-state index in [1.807, 2.05) is 0 Å². The minimum Gasteiger partial charge on any atom is -0.494 e. The maximum Gasteiger partial charge on any atom is 0.324 e. The second kappa shape index (κ2) is 8.54. The smallest absolute Gasteiger partial charge is 0.324 e. The number of sulfonamides is 1. The maximum absolute atomic E-state index is 13.9. The molecule has 0 spiro atoms. The van der Waals surface area contributed by atoms with Gasteiger partial charge in [0.25, 0.3) is 10.0 Å². The Labute approximate surface area is 156 Å². The molecule has 2 rings (SSSR count). The lowest BCUT2D eigenvalue weighted by atomic mass is 10.3. The van der Waals surface area contributed by atoms with Crippen LogP contribution >= 0.6 is 0 Å². The normalized spacial score (nSPS) is 10.9. The van der Waals surface area contributed by atoms with Crippen LogP contribution in [0.1, 0.15) is 0 Å². The van der Waals surface area contributed by atoms with Crippen molar-refractivity contribution in [2.75, 3.05) is 24.6 Å². The van der Waals surface area contributed by atoms with E-state index in [-0.39, 0.29) is 18.0 Å². The van der Waals surface area contributed by atoms with Crippen LogP contribution in [-0.2, 0) is 14.8 Å². The van der Waals surface area contributed by atoms with E-state index in [2.05, 4.69) is 6.58 Å². The summed E-state index contributed by atoms with van der Waals surface area (Å²) in [6, 6.07) is 8.89. The molecule has 27 heavy (non-hydrogen) atoms. The van der Waals surface area contributed by atoms with Gasteiger partial charge in [-0.1, -0.05) is 12.7 Å². The van der Waals surface area contributed by atoms with Crippen LogP contribution < -0.4 is 13.8 Å². The van der Waals surface area contributed by atoms with E-state index in [1.165, 1.54) is 31.4 Å². The van der Waals surface area contributed by atoms with Gasteiger partial charge in [0.05, 0.1) is 17.7 Å². The fraction of sp³-hybridized carbons (Fsp3) is 0.167. The Morgan fingerprint density at radius 1 is 1.26 bits per heavy atom. The Hall–Kier alpha value is -3.07. The van der Waals surface area contributed by atoms with Crippen molar-refractivity contribution in [3.05, 3.63) is 60.9 Å². The first-order valence-corrected chi connectivity index (χ1v) is 9.15. The topological polar surface area (TPSA) is 93.1 Å². The number of methoxy groups -OCH3 is 1. The number of aliphatic carboxylic acids is 1. The first-order valence-electron chi connectivity index (χ1n) is 7.71. The summed E-state index contributed by atoms with van der Waals surface area (Å²) in [4.78, 5) is 10.8. The lowest BCUT2D eigenvalue weighted by molar-refractivity contribution is -0.135. The van der Waals surface area contributed by atoms with E-state index in [9.17, 15) is 17.6 Å². The van der Waals surface area contributed by atoms with Crippen LogP contribution in [-0.4, -0.2) is 39.8 Å². The summed E-state index contributed by atoms with van der Waals surface area (Å²) in [5.74, 6) is -1.90. The first kappa shape index (κ1) is 20.2. The zero-order valence-electron chi connectivity index (χ0n) is 14.5. The molecule has 0 atom stereocenters. The molecule has 0 bridgehead atoms. The average molecular weight is 395 g/mol.